The molecular formula is C25H28N2O6. The van der Waals surface area contributed by atoms with Crippen LogP contribution in [0.2, 0.25) is 0 Å². The van der Waals surface area contributed by atoms with Crippen LogP contribution in [0, 0.1) is 5.92 Å². The molecular weight excluding hydrogens is 424 g/mol. The van der Waals surface area contributed by atoms with E-state index in [2.05, 4.69) is 10.6 Å². The number of aliphatic carboxylic acids is 1. The van der Waals surface area contributed by atoms with Crippen molar-refractivity contribution in [3.63, 3.8) is 0 Å². The van der Waals surface area contributed by atoms with Crippen LogP contribution in [0.1, 0.15) is 43.7 Å². The molecule has 2 aliphatic rings. The Morgan fingerprint density at radius 3 is 2.00 bits per heavy atom. The summed E-state index contributed by atoms with van der Waals surface area (Å²) in [7, 11) is 0. The number of carbonyl (C=O) groups is 3. The number of aliphatic hydroxyl groups excluding tert-OH is 1. The molecule has 0 radical (unpaired) electrons. The van der Waals surface area contributed by atoms with Crippen molar-refractivity contribution >= 4 is 18.0 Å². The minimum atomic E-state index is -1.85. The maximum atomic E-state index is 13.0. The van der Waals surface area contributed by atoms with Crippen molar-refractivity contribution in [1.82, 2.24) is 10.6 Å². The van der Waals surface area contributed by atoms with Crippen LogP contribution in [-0.2, 0) is 14.3 Å². The van der Waals surface area contributed by atoms with Crippen molar-refractivity contribution in [3.05, 3.63) is 59.7 Å². The van der Waals surface area contributed by atoms with E-state index in [1.54, 1.807) is 6.92 Å². The van der Waals surface area contributed by atoms with Gasteiger partial charge in [-0.15, -0.1) is 0 Å². The first-order valence-electron chi connectivity index (χ1n) is 11.0. The highest BCUT2D eigenvalue weighted by Gasteiger charge is 2.51. The SMILES string of the molecule is CC(CO)(NC(=O)C(C)(NC(=O)OCC1c2ccccc2-c2ccccc21)C1CC1)C(=O)O. The third kappa shape index (κ3) is 4.18. The van der Waals surface area contributed by atoms with Gasteiger partial charge in [-0.05, 0) is 54.9 Å². The van der Waals surface area contributed by atoms with Gasteiger partial charge in [0.25, 0.3) is 0 Å². The topological polar surface area (TPSA) is 125 Å². The molecule has 0 bridgehead atoms. The van der Waals surface area contributed by atoms with Gasteiger partial charge in [0, 0.05) is 5.92 Å². The largest absolute Gasteiger partial charge is 0.479 e. The number of aliphatic hydroxyl groups is 1. The molecule has 2 aromatic rings. The van der Waals surface area contributed by atoms with Crippen LogP contribution in [0.15, 0.2) is 48.5 Å². The molecule has 2 unspecified atom stereocenters. The fraction of sp³-hybridized carbons (Fsp3) is 0.400. The van der Waals surface area contributed by atoms with Crippen LogP contribution < -0.4 is 10.6 Å². The normalized spacial score (nSPS) is 18.3. The van der Waals surface area contributed by atoms with E-state index in [1.807, 2.05) is 48.5 Å². The molecule has 2 atom stereocenters. The van der Waals surface area contributed by atoms with Gasteiger partial charge in [-0.2, -0.15) is 0 Å². The molecule has 1 fully saturated rings. The summed E-state index contributed by atoms with van der Waals surface area (Å²) in [6, 6.07) is 16.0. The zero-order valence-corrected chi connectivity index (χ0v) is 18.6. The quantitative estimate of drug-likeness (QED) is 0.488. The number of hydrogen-bond acceptors (Lipinski definition) is 5. The van der Waals surface area contributed by atoms with Crippen LogP contribution in [-0.4, -0.2) is 52.5 Å². The second kappa shape index (κ2) is 8.51. The Morgan fingerprint density at radius 2 is 1.52 bits per heavy atom. The van der Waals surface area contributed by atoms with Crippen molar-refractivity contribution in [1.29, 1.82) is 0 Å². The fourth-order valence-electron chi connectivity index (χ4n) is 4.39. The number of nitrogens with one attached hydrogen (secondary N) is 2. The smallest absolute Gasteiger partial charge is 0.408 e. The minimum Gasteiger partial charge on any atom is -0.479 e. The van der Waals surface area contributed by atoms with Gasteiger partial charge in [0.15, 0.2) is 5.54 Å². The molecule has 2 aromatic carbocycles. The standard InChI is InChI=1S/C25H28N2O6/c1-24(14-28,22(30)31)26-21(29)25(2,15-11-12-15)27-23(32)33-13-20-18-9-5-3-7-16(18)17-8-4-6-10-19(17)20/h3-10,15,20,28H,11-14H2,1-2H3,(H,26,29)(H,27,32)(H,30,31). The summed E-state index contributed by atoms with van der Waals surface area (Å²) in [4.78, 5) is 37.2. The zero-order valence-electron chi connectivity index (χ0n) is 18.6. The molecule has 2 amide bonds. The van der Waals surface area contributed by atoms with Gasteiger partial charge >= 0.3 is 12.1 Å². The number of alkyl carbamates (subject to hydrolysis) is 1. The molecule has 0 saturated heterocycles. The zero-order chi connectivity index (χ0) is 23.8. The summed E-state index contributed by atoms with van der Waals surface area (Å²) in [6.45, 7) is 2.10. The van der Waals surface area contributed by atoms with Crippen LogP contribution in [0.4, 0.5) is 4.79 Å². The van der Waals surface area contributed by atoms with Gasteiger partial charge in [-0.1, -0.05) is 48.5 Å². The van der Waals surface area contributed by atoms with Gasteiger partial charge < -0.3 is 25.6 Å². The number of ether oxygens (including phenoxy) is 1. The highest BCUT2D eigenvalue weighted by atomic mass is 16.5. The van der Waals surface area contributed by atoms with Gasteiger partial charge in [0.1, 0.15) is 12.1 Å². The molecule has 2 aliphatic carbocycles. The fourth-order valence-corrected chi connectivity index (χ4v) is 4.39. The molecule has 174 valence electrons. The number of carboxylic acid groups (broad SMARTS) is 1. The van der Waals surface area contributed by atoms with Gasteiger partial charge in [0.2, 0.25) is 5.91 Å². The maximum absolute atomic E-state index is 13.0. The Kier molecular flexibility index (Phi) is 5.88. The minimum absolute atomic E-state index is 0.103. The van der Waals surface area contributed by atoms with Gasteiger partial charge in [0.05, 0.1) is 6.61 Å². The Labute approximate surface area is 192 Å². The second-order valence-corrected chi connectivity index (χ2v) is 9.18. The lowest BCUT2D eigenvalue weighted by atomic mass is 9.92. The van der Waals surface area contributed by atoms with Crippen molar-refractivity contribution in [2.75, 3.05) is 13.2 Å². The lowest BCUT2D eigenvalue weighted by Crippen LogP contribution is -2.65. The number of rotatable bonds is 8. The average Bonchev–Trinajstić information content (AvgIpc) is 3.61. The van der Waals surface area contributed by atoms with Crippen LogP contribution >= 0.6 is 0 Å². The van der Waals surface area contributed by atoms with Crippen LogP contribution in [0.25, 0.3) is 11.1 Å². The van der Waals surface area contributed by atoms with Crippen molar-refractivity contribution < 1.29 is 29.3 Å². The van der Waals surface area contributed by atoms with Crippen molar-refractivity contribution in [3.8, 4) is 11.1 Å². The van der Waals surface area contributed by atoms with E-state index >= 15 is 0 Å². The van der Waals surface area contributed by atoms with Crippen LogP contribution in [0.3, 0.4) is 0 Å². The summed E-state index contributed by atoms with van der Waals surface area (Å²) in [5.74, 6) is -2.29. The Balaban J connectivity index is 1.46. The van der Waals surface area contributed by atoms with E-state index in [1.165, 1.54) is 6.92 Å². The molecule has 33 heavy (non-hydrogen) atoms. The first-order valence-corrected chi connectivity index (χ1v) is 11.0. The second-order valence-electron chi connectivity index (χ2n) is 9.18. The molecule has 0 spiro atoms. The molecule has 8 heteroatoms. The maximum Gasteiger partial charge on any atom is 0.408 e. The molecule has 8 nitrogen and oxygen atoms in total. The molecule has 0 aliphatic heterocycles. The Morgan fingerprint density at radius 1 is 0.970 bits per heavy atom. The average molecular weight is 453 g/mol. The molecule has 4 rings (SSSR count). The highest BCUT2D eigenvalue weighted by molar-refractivity contribution is 5.94. The molecule has 4 N–H and O–H groups in total. The van der Waals surface area contributed by atoms with Gasteiger partial charge in [-0.25, -0.2) is 9.59 Å². The van der Waals surface area contributed by atoms with E-state index < -0.39 is 35.7 Å². The number of benzene rings is 2. The summed E-state index contributed by atoms with van der Waals surface area (Å²) in [6.07, 6.45) is 0.690. The van der Waals surface area contributed by atoms with E-state index in [-0.39, 0.29) is 18.4 Å². The summed E-state index contributed by atoms with van der Waals surface area (Å²) >= 11 is 0. The monoisotopic (exact) mass is 452 g/mol. The lowest BCUT2D eigenvalue weighted by Gasteiger charge is -2.33. The third-order valence-electron chi connectivity index (χ3n) is 6.75. The number of carboxylic acids is 1. The van der Waals surface area contributed by atoms with Crippen molar-refractivity contribution in [2.45, 2.75) is 43.7 Å². The predicted molar refractivity (Wildman–Crippen MR) is 121 cm³/mol. The van der Waals surface area contributed by atoms with Gasteiger partial charge in [-0.3, -0.25) is 4.79 Å². The summed E-state index contributed by atoms with van der Waals surface area (Å²) in [5.41, 5.74) is 1.18. The van der Waals surface area contributed by atoms with Crippen LogP contribution in [0.5, 0.6) is 0 Å². The number of amides is 2. The summed E-state index contributed by atoms with van der Waals surface area (Å²) < 4.78 is 5.57. The predicted octanol–water partition coefficient (Wildman–Crippen LogP) is 2.65. The van der Waals surface area contributed by atoms with E-state index in [0.717, 1.165) is 35.1 Å². The lowest BCUT2D eigenvalue weighted by molar-refractivity contribution is -0.149. The summed E-state index contributed by atoms with van der Waals surface area (Å²) in [5, 5.41) is 23.9. The Hall–Kier alpha value is -3.39. The van der Waals surface area contributed by atoms with E-state index in [0.29, 0.717) is 0 Å². The third-order valence-corrected chi connectivity index (χ3v) is 6.75. The first-order chi connectivity index (χ1) is 15.7. The number of hydrogen-bond donors (Lipinski definition) is 4. The molecule has 0 aromatic heterocycles. The number of carbonyl (C=O) groups excluding carboxylic acids is 2. The Bertz CT molecular complexity index is 1050. The first kappa shape index (κ1) is 22.8. The van der Waals surface area contributed by atoms with E-state index in [4.69, 9.17) is 4.74 Å². The highest BCUT2D eigenvalue weighted by Crippen LogP contribution is 2.44. The van der Waals surface area contributed by atoms with E-state index in [9.17, 15) is 24.6 Å². The van der Waals surface area contributed by atoms with Crippen molar-refractivity contribution in [2.24, 2.45) is 5.92 Å². The molecule has 0 heterocycles. The number of fused-ring (bicyclic) bond motifs is 3. The molecule has 1 saturated carbocycles.